The summed E-state index contributed by atoms with van der Waals surface area (Å²) in [5.41, 5.74) is 1.18. The summed E-state index contributed by atoms with van der Waals surface area (Å²) in [6, 6.07) is 9.01. The number of benzene rings is 1. The summed E-state index contributed by atoms with van der Waals surface area (Å²) >= 11 is 1.66. The normalized spacial score (nSPS) is 12.6. The van der Waals surface area contributed by atoms with E-state index in [1.165, 1.54) is 11.6 Å². The highest BCUT2D eigenvalue weighted by atomic mass is 32.2. The van der Waals surface area contributed by atoms with Gasteiger partial charge in [-0.3, -0.25) is 0 Å². The molecule has 0 fully saturated rings. The number of halogens is 1. The first-order chi connectivity index (χ1) is 8.78. The minimum atomic E-state index is -0.184. The van der Waals surface area contributed by atoms with E-state index in [2.05, 4.69) is 5.32 Å². The maximum absolute atomic E-state index is 13.0. The number of nitrogens with one attached hydrogen (secondary N) is 1. The summed E-state index contributed by atoms with van der Waals surface area (Å²) in [5, 5.41) is 3.27. The third kappa shape index (κ3) is 3.89. The van der Waals surface area contributed by atoms with Gasteiger partial charge in [0.25, 0.3) is 0 Å². The van der Waals surface area contributed by atoms with Gasteiger partial charge in [-0.2, -0.15) is 0 Å². The van der Waals surface area contributed by atoms with Crippen molar-refractivity contribution in [3.05, 3.63) is 54.2 Å². The Kier molecular flexibility index (Phi) is 4.84. The van der Waals surface area contributed by atoms with Crippen molar-refractivity contribution in [1.82, 2.24) is 5.32 Å². The van der Waals surface area contributed by atoms with Crippen LogP contribution in [-0.4, -0.2) is 18.8 Å². The maximum atomic E-state index is 13.0. The molecule has 0 amide bonds. The zero-order chi connectivity index (χ0) is 12.8. The van der Waals surface area contributed by atoms with Gasteiger partial charge in [0.2, 0.25) is 0 Å². The first-order valence-corrected chi connectivity index (χ1v) is 6.83. The molecule has 1 N–H and O–H groups in total. The lowest BCUT2D eigenvalue weighted by Gasteiger charge is -2.14. The lowest BCUT2D eigenvalue weighted by Crippen LogP contribution is -2.29. The van der Waals surface area contributed by atoms with E-state index in [0.29, 0.717) is 6.04 Å². The van der Waals surface area contributed by atoms with Gasteiger partial charge in [-0.05, 0) is 43.3 Å². The van der Waals surface area contributed by atoms with Crippen molar-refractivity contribution in [3.8, 4) is 0 Å². The molecule has 1 heterocycles. The molecule has 1 aromatic heterocycles. The van der Waals surface area contributed by atoms with Gasteiger partial charge in [0.05, 0.1) is 12.5 Å². The molecule has 2 aromatic rings. The molecule has 1 unspecified atom stereocenters. The van der Waals surface area contributed by atoms with Crippen LogP contribution < -0.4 is 5.32 Å². The van der Waals surface area contributed by atoms with Crippen LogP contribution in [-0.2, 0) is 6.42 Å². The molecule has 2 rings (SSSR count). The second kappa shape index (κ2) is 6.61. The second-order valence-corrected chi connectivity index (χ2v) is 5.18. The van der Waals surface area contributed by atoms with E-state index in [0.717, 1.165) is 17.1 Å². The quantitative estimate of drug-likeness (QED) is 0.811. The molecule has 0 bridgehead atoms. The van der Waals surface area contributed by atoms with Crippen molar-refractivity contribution in [2.45, 2.75) is 17.4 Å². The monoisotopic (exact) mass is 265 g/mol. The predicted octanol–water partition coefficient (Wildman–Crippen LogP) is 3.34. The van der Waals surface area contributed by atoms with Gasteiger partial charge in [0, 0.05) is 16.7 Å². The van der Waals surface area contributed by atoms with Gasteiger partial charge in [-0.25, -0.2) is 4.39 Å². The van der Waals surface area contributed by atoms with E-state index >= 15 is 0 Å². The van der Waals surface area contributed by atoms with Gasteiger partial charge in [-0.1, -0.05) is 6.07 Å². The van der Waals surface area contributed by atoms with E-state index in [9.17, 15) is 4.39 Å². The van der Waals surface area contributed by atoms with Crippen LogP contribution in [0.25, 0.3) is 0 Å². The predicted molar refractivity (Wildman–Crippen MR) is 72.4 cm³/mol. The number of hydrogen-bond donors (Lipinski definition) is 1. The fourth-order valence-corrected chi connectivity index (χ4v) is 2.74. The van der Waals surface area contributed by atoms with Crippen LogP contribution in [0.15, 0.2) is 52.2 Å². The van der Waals surface area contributed by atoms with Gasteiger partial charge in [0.15, 0.2) is 0 Å². The van der Waals surface area contributed by atoms with Crippen molar-refractivity contribution < 1.29 is 8.81 Å². The average molecular weight is 265 g/mol. The highest BCUT2D eigenvalue weighted by molar-refractivity contribution is 7.99. The molecule has 96 valence electrons. The summed E-state index contributed by atoms with van der Waals surface area (Å²) in [6.45, 7) is 0. The fraction of sp³-hybridized carbons (Fsp3) is 0.286. The summed E-state index contributed by atoms with van der Waals surface area (Å²) in [7, 11) is 1.94. The Morgan fingerprint density at radius 1 is 1.39 bits per heavy atom. The SMILES string of the molecule is CNC(CSc1cccc(F)c1)Cc1ccoc1. The van der Waals surface area contributed by atoms with Gasteiger partial charge in [0.1, 0.15) is 5.82 Å². The Bertz CT molecular complexity index is 472. The van der Waals surface area contributed by atoms with Crippen LogP contribution in [0.3, 0.4) is 0 Å². The second-order valence-electron chi connectivity index (χ2n) is 4.09. The van der Waals surface area contributed by atoms with Crippen molar-refractivity contribution in [3.63, 3.8) is 0 Å². The molecular formula is C14H16FNOS. The van der Waals surface area contributed by atoms with Crippen molar-refractivity contribution in [2.75, 3.05) is 12.8 Å². The van der Waals surface area contributed by atoms with Crippen LogP contribution in [0.1, 0.15) is 5.56 Å². The Morgan fingerprint density at radius 3 is 2.94 bits per heavy atom. The molecule has 0 spiro atoms. The van der Waals surface area contributed by atoms with E-state index < -0.39 is 0 Å². The molecule has 18 heavy (non-hydrogen) atoms. The number of furan rings is 1. The Labute approximate surface area is 111 Å². The van der Waals surface area contributed by atoms with Crippen molar-refractivity contribution in [2.24, 2.45) is 0 Å². The lowest BCUT2D eigenvalue weighted by atomic mass is 10.1. The van der Waals surface area contributed by atoms with Crippen LogP contribution >= 0.6 is 11.8 Å². The third-order valence-corrected chi connectivity index (χ3v) is 3.87. The van der Waals surface area contributed by atoms with Crippen LogP contribution in [0.4, 0.5) is 4.39 Å². The molecule has 0 aliphatic carbocycles. The standard InChI is InChI=1S/C14H16FNOS/c1-16-13(7-11-5-6-17-9-11)10-18-14-4-2-3-12(15)8-14/h2-6,8-9,13,16H,7,10H2,1H3. The molecule has 1 atom stereocenters. The van der Waals surface area contributed by atoms with E-state index in [4.69, 9.17) is 4.42 Å². The Balaban J connectivity index is 1.87. The van der Waals surface area contributed by atoms with Crippen molar-refractivity contribution in [1.29, 1.82) is 0 Å². The molecule has 0 aliphatic rings. The fourth-order valence-electron chi connectivity index (χ4n) is 1.69. The molecule has 0 saturated carbocycles. The molecule has 0 aliphatic heterocycles. The first kappa shape index (κ1) is 13.2. The zero-order valence-corrected chi connectivity index (χ0v) is 11.0. The molecule has 4 heteroatoms. The van der Waals surface area contributed by atoms with Crippen LogP contribution in [0, 0.1) is 5.82 Å². The summed E-state index contributed by atoms with van der Waals surface area (Å²) < 4.78 is 18.1. The number of likely N-dealkylation sites (N-methyl/N-ethyl adjacent to an activating group) is 1. The zero-order valence-electron chi connectivity index (χ0n) is 10.2. The topological polar surface area (TPSA) is 25.2 Å². The molecule has 0 radical (unpaired) electrons. The maximum Gasteiger partial charge on any atom is 0.124 e. The smallest absolute Gasteiger partial charge is 0.124 e. The van der Waals surface area contributed by atoms with Crippen LogP contribution in [0.2, 0.25) is 0 Å². The van der Waals surface area contributed by atoms with E-state index in [1.54, 1.807) is 36.4 Å². The van der Waals surface area contributed by atoms with Gasteiger partial charge in [-0.15, -0.1) is 11.8 Å². The molecule has 2 nitrogen and oxygen atoms in total. The molecule has 1 aromatic carbocycles. The molecule has 0 saturated heterocycles. The third-order valence-electron chi connectivity index (χ3n) is 2.72. The van der Waals surface area contributed by atoms with Crippen LogP contribution in [0.5, 0.6) is 0 Å². The first-order valence-electron chi connectivity index (χ1n) is 5.84. The minimum absolute atomic E-state index is 0.184. The minimum Gasteiger partial charge on any atom is -0.472 e. The highest BCUT2D eigenvalue weighted by Gasteiger charge is 2.09. The number of hydrogen-bond acceptors (Lipinski definition) is 3. The summed E-state index contributed by atoms with van der Waals surface area (Å²) in [6.07, 6.45) is 4.36. The summed E-state index contributed by atoms with van der Waals surface area (Å²) in [4.78, 5) is 0.961. The van der Waals surface area contributed by atoms with Gasteiger partial charge >= 0.3 is 0 Å². The van der Waals surface area contributed by atoms with Gasteiger partial charge < -0.3 is 9.73 Å². The lowest BCUT2D eigenvalue weighted by molar-refractivity contribution is 0.556. The van der Waals surface area contributed by atoms with E-state index in [1.807, 2.05) is 19.2 Å². The Hall–Kier alpha value is -1.26. The largest absolute Gasteiger partial charge is 0.472 e. The number of rotatable bonds is 6. The Morgan fingerprint density at radius 2 is 2.28 bits per heavy atom. The number of thioether (sulfide) groups is 1. The van der Waals surface area contributed by atoms with Crippen molar-refractivity contribution >= 4 is 11.8 Å². The van der Waals surface area contributed by atoms with E-state index in [-0.39, 0.29) is 5.82 Å². The summed E-state index contributed by atoms with van der Waals surface area (Å²) in [5.74, 6) is 0.710. The average Bonchev–Trinajstić information content (AvgIpc) is 2.87. The highest BCUT2D eigenvalue weighted by Crippen LogP contribution is 2.20. The molecular weight excluding hydrogens is 249 g/mol.